The van der Waals surface area contributed by atoms with E-state index in [4.69, 9.17) is 19.9 Å². The number of nitrogens with one attached hydrogen (secondary N) is 7. The van der Waals surface area contributed by atoms with Crippen LogP contribution in [0.5, 0.6) is 0 Å². The van der Waals surface area contributed by atoms with Crippen molar-refractivity contribution in [3.63, 3.8) is 0 Å². The van der Waals surface area contributed by atoms with Crippen molar-refractivity contribution in [2.75, 3.05) is 51.5 Å². The molecule has 0 bridgehead atoms. The summed E-state index contributed by atoms with van der Waals surface area (Å²) in [4.78, 5) is 146. The van der Waals surface area contributed by atoms with Crippen LogP contribution < -0.4 is 62.8 Å². The van der Waals surface area contributed by atoms with Gasteiger partial charge in [-0.1, -0.05) is 6.07 Å². The summed E-state index contributed by atoms with van der Waals surface area (Å²) in [5, 5.41) is 21.4. The zero-order valence-corrected chi connectivity index (χ0v) is 49.5. The molecule has 3 aromatic carbocycles. The van der Waals surface area contributed by atoms with Gasteiger partial charge in [-0.2, -0.15) is 5.10 Å². The van der Waals surface area contributed by atoms with E-state index in [0.29, 0.717) is 44.1 Å². The number of pyridine rings is 1. The maximum atomic E-state index is 13.2. The molecule has 28 nitrogen and oxygen atoms in total. The highest BCUT2D eigenvalue weighted by Crippen LogP contribution is 2.51. The van der Waals surface area contributed by atoms with Crippen molar-refractivity contribution in [3.8, 4) is 5.69 Å². The van der Waals surface area contributed by atoms with Gasteiger partial charge in [0.15, 0.2) is 22.1 Å². The Morgan fingerprint density at radius 3 is 1.35 bits per heavy atom. The van der Waals surface area contributed by atoms with Gasteiger partial charge in [-0.05, 0) is 139 Å². The van der Waals surface area contributed by atoms with E-state index >= 15 is 0 Å². The number of H-pyrrole nitrogens is 1. The first-order valence-electron chi connectivity index (χ1n) is 29.7. The SMILES string of the molecule is C[C@@H]1CN2c3cc4[nH]nc(N)c4cc3CC3(C(=O)NC(=O)NC3=O)[C@H]2[C@H](C)O1.C[C@@H]1CN2c3ccc(-n4ccccc4=O)cc3CC3(C(=O)NC(=O)NC3=O)[C@H]2[C@H](C)O1.C[C@@H]1CN2c3ccc(N4CCCC4=O)cc3CC3(C(=O)NC(=O)NC3=O)[C@H]2[C@H](C)O1. The van der Waals surface area contributed by atoms with Crippen LogP contribution in [0.3, 0.4) is 0 Å². The summed E-state index contributed by atoms with van der Waals surface area (Å²) in [6.45, 7) is 13.6. The van der Waals surface area contributed by atoms with Crippen LogP contribution in [0.15, 0.2) is 77.7 Å². The number of barbiturate groups is 3. The fourth-order valence-electron chi connectivity index (χ4n) is 15.7. The van der Waals surface area contributed by atoms with Crippen molar-refractivity contribution >= 4 is 98.9 Å². The molecule has 0 saturated carbocycles. The summed E-state index contributed by atoms with van der Waals surface area (Å²) >= 11 is 0. The van der Waals surface area contributed by atoms with Crippen LogP contribution >= 0.6 is 0 Å². The summed E-state index contributed by atoms with van der Waals surface area (Å²) in [5.41, 5.74) is 8.56. The lowest BCUT2D eigenvalue weighted by Crippen LogP contribution is -2.75. The Bertz CT molecular complexity index is 3930. The minimum atomic E-state index is -1.53. The Morgan fingerprint density at radius 2 is 0.921 bits per heavy atom. The number of carbonyl (C=O) groups is 10. The molecule has 5 aromatic rings. The van der Waals surface area contributed by atoms with Gasteiger partial charge >= 0.3 is 18.1 Å². The fraction of sp³-hybridized carbons (Fsp3) is 0.443. The van der Waals surface area contributed by atoms with E-state index in [1.165, 1.54) is 10.6 Å². The molecule has 89 heavy (non-hydrogen) atoms. The van der Waals surface area contributed by atoms with Crippen LogP contribution in [0.4, 0.5) is 43.0 Å². The Balaban J connectivity index is 0.000000123. The number of imide groups is 6. The second-order valence-corrected chi connectivity index (χ2v) is 24.7. The van der Waals surface area contributed by atoms with Crippen LogP contribution in [-0.2, 0) is 67.0 Å². The van der Waals surface area contributed by atoms with Crippen molar-refractivity contribution in [2.45, 2.75) is 128 Å². The molecular weight excluding hydrogens is 1150 g/mol. The number of fused-ring (bicyclic) bond motifs is 13. The van der Waals surface area contributed by atoms with Crippen LogP contribution in [0, 0.1) is 16.2 Å². The summed E-state index contributed by atoms with van der Waals surface area (Å²) in [7, 11) is 0. The van der Waals surface area contributed by atoms with Crippen molar-refractivity contribution in [1.82, 2.24) is 46.7 Å². The largest absolute Gasteiger partial charge is 0.382 e. The number of aromatic nitrogens is 3. The predicted octanol–water partition coefficient (Wildman–Crippen LogP) is 1.47. The van der Waals surface area contributed by atoms with E-state index in [1.807, 2.05) is 99.9 Å². The molecule has 3 spiro atoms. The van der Waals surface area contributed by atoms with Gasteiger partial charge in [-0.15, -0.1) is 0 Å². The molecule has 7 fully saturated rings. The topological polar surface area (TPSA) is 360 Å². The number of ether oxygens (including phenoxy) is 3. The number of amides is 13. The summed E-state index contributed by atoms with van der Waals surface area (Å²) < 4.78 is 19.5. The summed E-state index contributed by atoms with van der Waals surface area (Å²) in [5.74, 6) is -3.26. The number of anilines is 5. The highest BCUT2D eigenvalue weighted by molar-refractivity contribution is 6.22. The molecule has 2 aromatic heterocycles. The van der Waals surface area contributed by atoms with Crippen LogP contribution in [-0.4, -0.2) is 155 Å². The second-order valence-electron chi connectivity index (χ2n) is 24.7. The molecule has 0 aliphatic carbocycles. The zero-order chi connectivity index (χ0) is 62.9. The lowest BCUT2D eigenvalue weighted by molar-refractivity contribution is -0.154. The quantitative estimate of drug-likeness (QED) is 0.116. The normalized spacial score (nSPS) is 28.5. The number of benzene rings is 3. The first-order valence-corrected chi connectivity index (χ1v) is 29.7. The minimum Gasteiger partial charge on any atom is -0.382 e. The first-order chi connectivity index (χ1) is 42.4. The average molecular weight is 1220 g/mol. The number of hydrogen-bond acceptors (Lipinski definition) is 19. The number of nitrogen functional groups attached to an aromatic ring is 1. The molecular formula is C61H66N14O14. The van der Waals surface area contributed by atoms with E-state index in [2.05, 4.69) is 47.0 Å². The smallest absolute Gasteiger partial charge is 0.328 e. The summed E-state index contributed by atoms with van der Waals surface area (Å²) in [6.07, 6.45) is 1.86. The first kappa shape index (κ1) is 58.5. The van der Waals surface area contributed by atoms with E-state index in [1.54, 1.807) is 23.2 Å². The number of nitrogens with zero attached hydrogens (tertiary/aromatic N) is 6. The predicted molar refractivity (Wildman–Crippen MR) is 317 cm³/mol. The standard InChI is InChI=1S/C22H22N4O5.C21H24N4O5.C18H20N6O4/c1-12-11-26-16-7-6-15(25-8-4-3-5-17(25)27)9-14(16)10-22(18(26)13(2)31-12)19(28)23-21(30)24-20(22)29;1-11-10-25-15-6-5-14(24-7-3-4-16(24)26)8-13(15)9-21(17(25)12(2)30-11)18(27)22-20(29)23-19(21)28;1-7-6-24-12-4-11-10(14(19)23-22-11)3-9(12)5-18(13(24)8(2)28-7)15(25)20-17(27)21-16(18)26/h3-9,12-13,18H,10-11H2,1-2H3,(H2,23,24,28,29,30);5-6,8,11-12,17H,3-4,7,9-10H2,1-2H3,(H2,22,23,27,28,29);3-4,7-8,13H,5-6H2,1-2H3,(H3,19,22,23)(H2,20,21,25,26,27)/t12-,13+,18-;11-,12+,17-;7-,8+,13-/m111/s1. The highest BCUT2D eigenvalue weighted by atomic mass is 16.5. The third kappa shape index (κ3) is 9.19. The molecule has 9 atom stereocenters. The Hall–Kier alpha value is -9.54. The van der Waals surface area contributed by atoms with Crippen molar-refractivity contribution in [2.24, 2.45) is 16.2 Å². The Morgan fingerprint density at radius 1 is 0.506 bits per heavy atom. The minimum absolute atomic E-state index is 0.0747. The number of nitrogens with two attached hydrogens (primary N) is 1. The van der Waals surface area contributed by atoms with E-state index in [-0.39, 0.29) is 49.0 Å². The summed E-state index contributed by atoms with van der Waals surface area (Å²) in [6, 6.07) is 16.0. The van der Waals surface area contributed by atoms with Gasteiger partial charge in [0.1, 0.15) is 0 Å². The van der Waals surface area contributed by atoms with Gasteiger partial charge in [-0.3, -0.25) is 79.9 Å². The second kappa shape index (κ2) is 21.4. The number of carbonyl (C=O) groups excluding carboxylic acids is 10. The Kier molecular flexibility index (Phi) is 14.0. The molecule has 10 aliphatic rings. The maximum Gasteiger partial charge on any atom is 0.328 e. The van der Waals surface area contributed by atoms with Crippen LogP contribution in [0.2, 0.25) is 0 Å². The molecule has 15 rings (SSSR count). The molecule has 13 amide bonds. The molecule has 28 heteroatoms. The fourth-order valence-corrected chi connectivity index (χ4v) is 15.7. The van der Waals surface area contributed by atoms with Crippen LogP contribution in [0.25, 0.3) is 16.6 Å². The molecule has 7 saturated heterocycles. The van der Waals surface area contributed by atoms with Gasteiger partial charge in [0.2, 0.25) is 41.4 Å². The highest BCUT2D eigenvalue weighted by Gasteiger charge is 2.66. The maximum absolute atomic E-state index is 13.2. The third-order valence-electron chi connectivity index (χ3n) is 19.1. The van der Waals surface area contributed by atoms with Gasteiger partial charge < -0.3 is 39.5 Å². The molecule has 10 aliphatic heterocycles. The van der Waals surface area contributed by atoms with Gasteiger partial charge in [0, 0.05) is 78.7 Å². The molecule has 464 valence electrons. The number of hydrogen-bond donors (Lipinski definition) is 8. The van der Waals surface area contributed by atoms with E-state index < -0.39 is 106 Å². The zero-order valence-electron chi connectivity index (χ0n) is 49.5. The molecule has 0 unspecified atom stereocenters. The number of morpholine rings is 3. The number of aromatic amines is 1. The Labute approximate surface area is 507 Å². The van der Waals surface area contributed by atoms with E-state index in [0.717, 1.165) is 56.8 Å². The van der Waals surface area contributed by atoms with Gasteiger partial charge in [0.05, 0.1) is 60.3 Å². The lowest BCUT2D eigenvalue weighted by atomic mass is 9.66. The monoisotopic (exact) mass is 1220 g/mol. The van der Waals surface area contributed by atoms with Gasteiger partial charge in [-0.25, -0.2) is 14.4 Å². The average Bonchev–Trinajstić information content (AvgIpc) is 1.13. The third-order valence-corrected chi connectivity index (χ3v) is 19.1. The molecule has 12 heterocycles. The van der Waals surface area contributed by atoms with E-state index in [9.17, 15) is 52.7 Å². The van der Waals surface area contributed by atoms with Crippen molar-refractivity contribution < 1.29 is 62.2 Å². The van der Waals surface area contributed by atoms with Crippen molar-refractivity contribution in [3.05, 3.63) is 100.0 Å². The molecule has 0 radical (unpaired) electrons. The number of rotatable bonds is 2. The number of urea groups is 3. The molecule has 9 N–H and O–H groups in total. The van der Waals surface area contributed by atoms with Gasteiger partial charge in [0.25, 0.3) is 5.56 Å². The van der Waals surface area contributed by atoms with Crippen LogP contribution in [0.1, 0.15) is 71.1 Å². The lowest BCUT2D eigenvalue weighted by Gasteiger charge is -2.55. The van der Waals surface area contributed by atoms with Crippen molar-refractivity contribution in [1.29, 1.82) is 0 Å².